The van der Waals surface area contributed by atoms with Crippen molar-refractivity contribution in [1.29, 1.82) is 0 Å². The Morgan fingerprint density at radius 3 is 2.76 bits per heavy atom. The molecule has 1 fully saturated rings. The van der Waals surface area contributed by atoms with Gasteiger partial charge in [0.15, 0.2) is 0 Å². The van der Waals surface area contributed by atoms with Gasteiger partial charge in [-0.3, -0.25) is 4.79 Å². The van der Waals surface area contributed by atoms with Crippen molar-refractivity contribution >= 4 is 5.97 Å². The molecule has 4 heteroatoms. The van der Waals surface area contributed by atoms with Crippen LogP contribution in [0.15, 0.2) is 0 Å². The lowest BCUT2D eigenvalue weighted by molar-refractivity contribution is -0.153. The molecule has 1 saturated carbocycles. The molecule has 0 heterocycles. The maximum absolute atomic E-state index is 11.6. The Kier molecular flexibility index (Phi) is 6.52. The van der Waals surface area contributed by atoms with Gasteiger partial charge in [0.2, 0.25) is 0 Å². The third-order valence-corrected chi connectivity index (χ3v) is 3.30. The molecule has 1 aliphatic carbocycles. The van der Waals surface area contributed by atoms with Crippen LogP contribution in [0.2, 0.25) is 0 Å². The molecule has 0 bridgehead atoms. The molecule has 0 aliphatic heterocycles. The quantitative estimate of drug-likeness (QED) is 0.725. The molecule has 0 spiro atoms. The summed E-state index contributed by atoms with van der Waals surface area (Å²) in [5, 5.41) is 0. The lowest BCUT2D eigenvalue weighted by Gasteiger charge is -2.28. The third kappa shape index (κ3) is 5.50. The normalized spacial score (nSPS) is 26.5. The molecule has 3 unspecified atom stereocenters. The van der Waals surface area contributed by atoms with E-state index in [1.807, 2.05) is 0 Å². The maximum atomic E-state index is 11.6. The number of carbonyl (C=O) groups is 1. The van der Waals surface area contributed by atoms with E-state index in [9.17, 15) is 4.79 Å². The van der Waals surface area contributed by atoms with E-state index in [1.165, 1.54) is 0 Å². The monoisotopic (exact) mass is 243 g/mol. The summed E-state index contributed by atoms with van der Waals surface area (Å²) >= 11 is 0. The summed E-state index contributed by atoms with van der Waals surface area (Å²) in [4.78, 5) is 11.6. The van der Waals surface area contributed by atoms with E-state index in [-0.39, 0.29) is 24.2 Å². The molecular weight excluding hydrogens is 218 g/mol. The Morgan fingerprint density at radius 1 is 1.41 bits per heavy atom. The van der Waals surface area contributed by atoms with E-state index in [0.29, 0.717) is 6.42 Å². The van der Waals surface area contributed by atoms with Crippen molar-refractivity contribution in [3.05, 3.63) is 0 Å². The molecule has 3 atom stereocenters. The van der Waals surface area contributed by atoms with E-state index in [0.717, 1.165) is 38.5 Å². The van der Waals surface area contributed by atoms with Crippen LogP contribution in [0.1, 0.15) is 51.9 Å². The summed E-state index contributed by atoms with van der Waals surface area (Å²) in [6.07, 6.45) is 6.39. The SMILES string of the molecule is CCCC(N)CC(=O)OC1CCCC(OC)C1. The van der Waals surface area contributed by atoms with E-state index < -0.39 is 0 Å². The average Bonchev–Trinajstić information content (AvgIpc) is 2.29. The highest BCUT2D eigenvalue weighted by molar-refractivity contribution is 5.70. The van der Waals surface area contributed by atoms with Crippen LogP contribution in [0, 0.1) is 0 Å². The van der Waals surface area contributed by atoms with Crippen molar-refractivity contribution in [3.63, 3.8) is 0 Å². The Morgan fingerprint density at radius 2 is 2.12 bits per heavy atom. The second-order valence-electron chi connectivity index (χ2n) is 4.89. The lowest BCUT2D eigenvalue weighted by atomic mass is 9.95. The van der Waals surface area contributed by atoms with Crippen molar-refractivity contribution in [2.24, 2.45) is 5.73 Å². The van der Waals surface area contributed by atoms with Crippen LogP contribution in [-0.4, -0.2) is 31.3 Å². The lowest BCUT2D eigenvalue weighted by Crippen LogP contribution is -2.31. The fourth-order valence-corrected chi connectivity index (χ4v) is 2.34. The number of ether oxygens (including phenoxy) is 2. The van der Waals surface area contributed by atoms with Gasteiger partial charge in [-0.25, -0.2) is 0 Å². The van der Waals surface area contributed by atoms with Gasteiger partial charge in [-0.1, -0.05) is 13.3 Å². The second-order valence-corrected chi connectivity index (χ2v) is 4.89. The first kappa shape index (κ1) is 14.5. The van der Waals surface area contributed by atoms with E-state index in [2.05, 4.69) is 6.92 Å². The summed E-state index contributed by atoms with van der Waals surface area (Å²) in [5.41, 5.74) is 5.82. The standard InChI is InChI=1S/C13H25NO3/c1-3-5-10(14)8-13(15)17-12-7-4-6-11(9-12)16-2/h10-12H,3-9,14H2,1-2H3. The van der Waals surface area contributed by atoms with Crippen LogP contribution in [0.25, 0.3) is 0 Å². The summed E-state index contributed by atoms with van der Waals surface area (Å²) < 4.78 is 10.7. The summed E-state index contributed by atoms with van der Waals surface area (Å²) in [5.74, 6) is -0.160. The zero-order chi connectivity index (χ0) is 12.7. The highest BCUT2D eigenvalue weighted by Crippen LogP contribution is 2.23. The Bertz CT molecular complexity index is 233. The van der Waals surface area contributed by atoms with Gasteiger partial charge >= 0.3 is 5.97 Å². The molecule has 1 rings (SSSR count). The Hall–Kier alpha value is -0.610. The summed E-state index contributed by atoms with van der Waals surface area (Å²) in [6.45, 7) is 2.06. The van der Waals surface area contributed by atoms with Crippen LogP contribution < -0.4 is 5.73 Å². The number of nitrogens with two attached hydrogens (primary N) is 1. The molecule has 0 saturated heterocycles. The first-order chi connectivity index (χ1) is 8.15. The smallest absolute Gasteiger partial charge is 0.307 e. The zero-order valence-electron chi connectivity index (χ0n) is 11.0. The number of hydrogen-bond donors (Lipinski definition) is 1. The second kappa shape index (κ2) is 7.67. The molecule has 100 valence electrons. The number of rotatable bonds is 6. The highest BCUT2D eigenvalue weighted by atomic mass is 16.5. The molecule has 2 N–H and O–H groups in total. The largest absolute Gasteiger partial charge is 0.462 e. The fourth-order valence-electron chi connectivity index (χ4n) is 2.34. The van der Waals surface area contributed by atoms with Gasteiger partial charge < -0.3 is 15.2 Å². The van der Waals surface area contributed by atoms with Gasteiger partial charge in [-0.05, 0) is 25.7 Å². The van der Waals surface area contributed by atoms with E-state index >= 15 is 0 Å². The Balaban J connectivity index is 2.25. The minimum Gasteiger partial charge on any atom is -0.462 e. The molecule has 0 aromatic heterocycles. The average molecular weight is 243 g/mol. The van der Waals surface area contributed by atoms with Crippen molar-refractivity contribution < 1.29 is 14.3 Å². The van der Waals surface area contributed by atoms with Crippen LogP contribution >= 0.6 is 0 Å². The van der Waals surface area contributed by atoms with E-state index in [4.69, 9.17) is 15.2 Å². The molecular formula is C13H25NO3. The molecule has 0 aromatic rings. The molecule has 0 amide bonds. The minimum atomic E-state index is -0.160. The predicted molar refractivity (Wildman–Crippen MR) is 66.6 cm³/mol. The van der Waals surface area contributed by atoms with Gasteiger partial charge in [0.05, 0.1) is 12.5 Å². The number of methoxy groups -OCH3 is 1. The van der Waals surface area contributed by atoms with Crippen LogP contribution in [0.4, 0.5) is 0 Å². The summed E-state index contributed by atoms with van der Waals surface area (Å²) in [6, 6.07) is -0.0608. The van der Waals surface area contributed by atoms with Crippen LogP contribution in [-0.2, 0) is 14.3 Å². The predicted octanol–water partition coefficient (Wildman–Crippen LogP) is 2.00. The molecule has 4 nitrogen and oxygen atoms in total. The first-order valence-corrected chi connectivity index (χ1v) is 6.63. The molecule has 0 radical (unpaired) electrons. The van der Waals surface area contributed by atoms with Crippen LogP contribution in [0.3, 0.4) is 0 Å². The summed E-state index contributed by atoms with van der Waals surface area (Å²) in [7, 11) is 1.71. The minimum absolute atomic E-state index is 0.0232. The van der Waals surface area contributed by atoms with Crippen LogP contribution in [0.5, 0.6) is 0 Å². The van der Waals surface area contributed by atoms with Gasteiger partial charge in [0.1, 0.15) is 6.10 Å². The van der Waals surface area contributed by atoms with Gasteiger partial charge in [0, 0.05) is 19.6 Å². The van der Waals surface area contributed by atoms with Gasteiger partial charge in [0.25, 0.3) is 0 Å². The third-order valence-electron chi connectivity index (χ3n) is 3.30. The van der Waals surface area contributed by atoms with Crippen molar-refractivity contribution in [1.82, 2.24) is 0 Å². The fraction of sp³-hybridized carbons (Fsp3) is 0.923. The molecule has 17 heavy (non-hydrogen) atoms. The molecule has 1 aliphatic rings. The van der Waals surface area contributed by atoms with Crippen molar-refractivity contribution in [2.75, 3.05) is 7.11 Å². The number of hydrogen-bond acceptors (Lipinski definition) is 4. The van der Waals surface area contributed by atoms with Gasteiger partial charge in [-0.15, -0.1) is 0 Å². The van der Waals surface area contributed by atoms with Crippen molar-refractivity contribution in [2.45, 2.75) is 70.1 Å². The number of carbonyl (C=O) groups excluding carboxylic acids is 1. The number of esters is 1. The maximum Gasteiger partial charge on any atom is 0.307 e. The zero-order valence-corrected chi connectivity index (χ0v) is 11.0. The first-order valence-electron chi connectivity index (χ1n) is 6.63. The topological polar surface area (TPSA) is 61.6 Å². The molecule has 0 aromatic carbocycles. The highest BCUT2D eigenvalue weighted by Gasteiger charge is 2.25. The van der Waals surface area contributed by atoms with Crippen molar-refractivity contribution in [3.8, 4) is 0 Å². The Labute approximate surface area is 104 Å². The van der Waals surface area contributed by atoms with E-state index in [1.54, 1.807) is 7.11 Å². The van der Waals surface area contributed by atoms with Gasteiger partial charge in [-0.2, -0.15) is 0 Å².